The van der Waals surface area contributed by atoms with Crippen LogP contribution < -0.4 is 5.32 Å². The lowest BCUT2D eigenvalue weighted by atomic mass is 9.84. The van der Waals surface area contributed by atoms with E-state index < -0.39 is 90.8 Å². The minimum Gasteiger partial charge on any atom is -0.479 e. The fourth-order valence-corrected chi connectivity index (χ4v) is 4.21. The van der Waals surface area contributed by atoms with Crippen LogP contribution in [-0.2, 0) is 33.3 Å². The second-order valence-electron chi connectivity index (χ2n) is 10.3. The van der Waals surface area contributed by atoms with Gasteiger partial charge in [-0.05, 0) is 34.6 Å². The van der Waals surface area contributed by atoms with Crippen LogP contribution in [0.15, 0.2) is 0 Å². The SMILES string of the molecule is COC(C)(C)C1OC(CO)C(O)C(OC2OC(C(=O)O)C(OC(C)(C)C)C(O)C2O)C1NC(C)=O. The van der Waals surface area contributed by atoms with Crippen molar-refractivity contribution in [1.82, 2.24) is 5.32 Å². The molecule has 0 aliphatic carbocycles. The number of ether oxygens (including phenoxy) is 5. The lowest BCUT2D eigenvalue weighted by Gasteiger charge is -2.51. The number of carbonyl (C=O) groups excluding carboxylic acids is 1. The second-order valence-corrected chi connectivity index (χ2v) is 10.3. The van der Waals surface area contributed by atoms with Gasteiger partial charge in [-0.3, -0.25) is 4.79 Å². The van der Waals surface area contributed by atoms with E-state index in [9.17, 15) is 35.1 Å². The molecular weight excluding hydrogens is 470 g/mol. The molecule has 0 saturated carbocycles. The molecule has 35 heavy (non-hydrogen) atoms. The van der Waals surface area contributed by atoms with Gasteiger partial charge in [-0.2, -0.15) is 0 Å². The molecule has 0 aromatic carbocycles. The summed E-state index contributed by atoms with van der Waals surface area (Å²) in [5.74, 6) is -1.96. The van der Waals surface area contributed by atoms with Gasteiger partial charge in [-0.1, -0.05) is 0 Å². The van der Waals surface area contributed by atoms with Gasteiger partial charge in [0.25, 0.3) is 0 Å². The van der Waals surface area contributed by atoms with Gasteiger partial charge in [0.2, 0.25) is 5.91 Å². The summed E-state index contributed by atoms with van der Waals surface area (Å²) in [5, 5.41) is 54.4. The first-order valence-corrected chi connectivity index (χ1v) is 11.4. The van der Waals surface area contributed by atoms with Crippen molar-refractivity contribution in [3.05, 3.63) is 0 Å². The molecule has 10 atom stereocenters. The smallest absolute Gasteiger partial charge is 0.335 e. The number of methoxy groups -OCH3 is 1. The highest BCUT2D eigenvalue weighted by molar-refractivity contribution is 5.74. The summed E-state index contributed by atoms with van der Waals surface area (Å²) in [6, 6.07) is -1.07. The Hall–Kier alpha value is -1.42. The van der Waals surface area contributed by atoms with Crippen molar-refractivity contribution in [3.8, 4) is 0 Å². The molecule has 2 rings (SSSR count). The summed E-state index contributed by atoms with van der Waals surface area (Å²) in [5.41, 5.74) is -1.90. The van der Waals surface area contributed by atoms with Gasteiger partial charge in [0.15, 0.2) is 12.4 Å². The van der Waals surface area contributed by atoms with Crippen LogP contribution in [0.4, 0.5) is 0 Å². The summed E-state index contributed by atoms with van der Waals surface area (Å²) in [6.07, 6.45) is -13.3. The zero-order valence-electron chi connectivity index (χ0n) is 21.1. The molecule has 0 aromatic heterocycles. The highest BCUT2D eigenvalue weighted by atomic mass is 16.7. The van der Waals surface area contributed by atoms with Crippen molar-refractivity contribution in [2.24, 2.45) is 0 Å². The van der Waals surface area contributed by atoms with Crippen molar-refractivity contribution < 1.29 is 58.8 Å². The normalized spacial score (nSPS) is 38.7. The van der Waals surface area contributed by atoms with E-state index >= 15 is 0 Å². The molecule has 1 amide bonds. The Morgan fingerprint density at radius 2 is 1.57 bits per heavy atom. The van der Waals surface area contributed by atoms with Crippen molar-refractivity contribution in [1.29, 1.82) is 0 Å². The Morgan fingerprint density at radius 3 is 2.03 bits per heavy atom. The maximum Gasteiger partial charge on any atom is 0.335 e. The van der Waals surface area contributed by atoms with Crippen LogP contribution >= 0.6 is 0 Å². The maximum atomic E-state index is 12.0. The van der Waals surface area contributed by atoms with Crippen LogP contribution in [-0.4, -0.2) is 123 Å². The van der Waals surface area contributed by atoms with E-state index in [0.29, 0.717) is 0 Å². The lowest BCUT2D eigenvalue weighted by Crippen LogP contribution is -2.71. The zero-order valence-corrected chi connectivity index (χ0v) is 21.1. The predicted molar refractivity (Wildman–Crippen MR) is 118 cm³/mol. The van der Waals surface area contributed by atoms with Crippen molar-refractivity contribution >= 4 is 11.9 Å². The highest BCUT2D eigenvalue weighted by Crippen LogP contribution is 2.35. The van der Waals surface area contributed by atoms with Gasteiger partial charge < -0.3 is 54.5 Å². The molecule has 13 nitrogen and oxygen atoms in total. The maximum absolute atomic E-state index is 12.0. The van der Waals surface area contributed by atoms with E-state index in [2.05, 4.69) is 5.32 Å². The lowest BCUT2D eigenvalue weighted by molar-refractivity contribution is -0.340. The van der Waals surface area contributed by atoms with Crippen LogP contribution in [0.1, 0.15) is 41.5 Å². The van der Waals surface area contributed by atoms with E-state index in [0.717, 1.165) is 0 Å². The quantitative estimate of drug-likeness (QED) is 0.214. The fourth-order valence-electron chi connectivity index (χ4n) is 4.21. The van der Waals surface area contributed by atoms with Gasteiger partial charge in [0.1, 0.15) is 42.7 Å². The van der Waals surface area contributed by atoms with Gasteiger partial charge in [-0.15, -0.1) is 0 Å². The number of aliphatic hydroxyl groups is 4. The Morgan fingerprint density at radius 1 is 0.971 bits per heavy atom. The molecule has 10 unspecified atom stereocenters. The van der Waals surface area contributed by atoms with Gasteiger partial charge >= 0.3 is 5.97 Å². The molecule has 13 heteroatoms. The predicted octanol–water partition coefficient (Wildman–Crippen LogP) is -1.86. The molecule has 0 bridgehead atoms. The third-order valence-corrected chi connectivity index (χ3v) is 6.05. The molecule has 2 aliphatic heterocycles. The molecule has 2 saturated heterocycles. The number of nitrogens with one attached hydrogen (secondary N) is 1. The average Bonchev–Trinajstić information content (AvgIpc) is 2.74. The van der Waals surface area contributed by atoms with E-state index in [-0.39, 0.29) is 0 Å². The monoisotopic (exact) mass is 509 g/mol. The highest BCUT2D eigenvalue weighted by Gasteiger charge is 2.55. The van der Waals surface area contributed by atoms with Crippen LogP contribution in [0, 0.1) is 0 Å². The fraction of sp³-hybridized carbons (Fsp3) is 0.909. The number of rotatable bonds is 8. The van der Waals surface area contributed by atoms with Crippen LogP contribution in [0.2, 0.25) is 0 Å². The summed E-state index contributed by atoms with van der Waals surface area (Å²) in [4.78, 5) is 23.9. The Bertz CT molecular complexity index is 740. The standard InChI is InChI=1S/C22H39NO12/c1-9(25)23-11-15(12(26)10(8-24)32-18(11)22(5,6)31-7)33-20-14(28)13(27)16(35-21(2,3)4)17(34-20)19(29)30/h10-18,20,24,26-28H,8H2,1-7H3,(H,23,25)(H,29,30). The van der Waals surface area contributed by atoms with Crippen molar-refractivity contribution in [2.45, 2.75) is 114 Å². The Labute approximate surface area is 204 Å². The first-order valence-electron chi connectivity index (χ1n) is 11.4. The molecule has 0 radical (unpaired) electrons. The first kappa shape index (κ1) is 29.8. The summed E-state index contributed by atoms with van der Waals surface area (Å²) in [7, 11) is 1.42. The van der Waals surface area contributed by atoms with Gasteiger partial charge in [0.05, 0.1) is 23.9 Å². The number of amides is 1. The topological polar surface area (TPSA) is 193 Å². The molecule has 6 N–H and O–H groups in total. The minimum absolute atomic E-state index is 0.494. The third-order valence-electron chi connectivity index (χ3n) is 6.05. The van der Waals surface area contributed by atoms with Crippen molar-refractivity contribution in [2.75, 3.05) is 13.7 Å². The van der Waals surface area contributed by atoms with Crippen LogP contribution in [0.5, 0.6) is 0 Å². The molecule has 0 spiro atoms. The number of aliphatic carboxylic acids is 1. The van der Waals surface area contributed by atoms with E-state index in [1.54, 1.807) is 34.6 Å². The average molecular weight is 510 g/mol. The van der Waals surface area contributed by atoms with Gasteiger partial charge in [0, 0.05) is 14.0 Å². The third kappa shape index (κ3) is 6.87. The number of hydrogen-bond acceptors (Lipinski definition) is 11. The van der Waals surface area contributed by atoms with E-state index in [1.165, 1.54) is 14.0 Å². The Kier molecular flexibility index (Phi) is 9.64. The van der Waals surface area contributed by atoms with Gasteiger partial charge in [-0.25, -0.2) is 4.79 Å². The molecular formula is C22H39NO12. The Balaban J connectivity index is 2.41. The number of carbonyl (C=O) groups is 2. The number of hydrogen-bond donors (Lipinski definition) is 6. The zero-order chi connectivity index (χ0) is 26.9. The molecule has 204 valence electrons. The summed E-state index contributed by atoms with van der Waals surface area (Å²) in [6.45, 7) is 8.91. The number of aliphatic hydroxyl groups excluding tert-OH is 4. The molecule has 2 heterocycles. The summed E-state index contributed by atoms with van der Waals surface area (Å²) >= 11 is 0. The van der Waals surface area contributed by atoms with Crippen molar-refractivity contribution in [3.63, 3.8) is 0 Å². The second kappa shape index (κ2) is 11.3. The molecule has 0 aromatic rings. The minimum atomic E-state index is -1.77. The first-order chi connectivity index (χ1) is 16.0. The number of carboxylic acids is 1. The van der Waals surface area contributed by atoms with E-state index in [4.69, 9.17) is 23.7 Å². The molecule has 2 aliphatic rings. The summed E-state index contributed by atoms with van der Waals surface area (Å²) < 4.78 is 28.3. The molecule has 2 fully saturated rings. The largest absolute Gasteiger partial charge is 0.479 e. The van der Waals surface area contributed by atoms with Crippen LogP contribution in [0.3, 0.4) is 0 Å². The van der Waals surface area contributed by atoms with E-state index in [1.807, 2.05) is 0 Å². The number of carboxylic acid groups (broad SMARTS) is 1. The van der Waals surface area contributed by atoms with Crippen LogP contribution in [0.25, 0.3) is 0 Å².